The van der Waals surface area contributed by atoms with Gasteiger partial charge in [-0.25, -0.2) is 4.98 Å². The van der Waals surface area contributed by atoms with Gasteiger partial charge in [0.25, 0.3) is 0 Å². The van der Waals surface area contributed by atoms with E-state index in [0.717, 1.165) is 33.9 Å². The van der Waals surface area contributed by atoms with Gasteiger partial charge in [-0.2, -0.15) is 0 Å². The molecule has 144 valence electrons. The van der Waals surface area contributed by atoms with Crippen LogP contribution >= 0.6 is 22.9 Å². The second kappa shape index (κ2) is 9.53. The van der Waals surface area contributed by atoms with Crippen LogP contribution in [0.3, 0.4) is 0 Å². The third-order valence-electron chi connectivity index (χ3n) is 3.92. The number of halogens is 1. The summed E-state index contributed by atoms with van der Waals surface area (Å²) in [5.41, 5.74) is 2.62. The number of para-hydroxylation sites is 1. The molecule has 0 bridgehead atoms. The molecule has 2 aromatic carbocycles. The Bertz CT molecular complexity index is 998. The third kappa shape index (κ3) is 5.21. The summed E-state index contributed by atoms with van der Waals surface area (Å²) in [4.78, 5) is 17.9. The van der Waals surface area contributed by atoms with Crippen LogP contribution in [0.15, 0.2) is 54.6 Å². The number of ether oxygens (including phenoxy) is 1. The van der Waals surface area contributed by atoms with E-state index in [1.54, 1.807) is 6.08 Å². The zero-order valence-corrected chi connectivity index (χ0v) is 17.3. The minimum Gasteiger partial charge on any atom is -0.493 e. The molecule has 0 saturated heterocycles. The van der Waals surface area contributed by atoms with Crippen molar-refractivity contribution in [1.82, 2.24) is 4.98 Å². The number of anilines is 1. The van der Waals surface area contributed by atoms with Crippen LogP contribution in [0.25, 0.3) is 17.3 Å². The Labute approximate surface area is 173 Å². The van der Waals surface area contributed by atoms with Crippen molar-refractivity contribution in [2.45, 2.75) is 20.3 Å². The highest BCUT2D eigenvalue weighted by atomic mass is 35.5. The predicted octanol–water partition coefficient (Wildman–Crippen LogP) is 6.21. The lowest BCUT2D eigenvalue weighted by atomic mass is 10.1. The Balaban J connectivity index is 1.71. The van der Waals surface area contributed by atoms with Gasteiger partial charge in [-0.3, -0.25) is 10.1 Å². The molecule has 0 fully saturated rings. The van der Waals surface area contributed by atoms with Crippen LogP contribution in [0, 0.1) is 6.92 Å². The van der Waals surface area contributed by atoms with E-state index in [1.165, 1.54) is 17.4 Å². The lowest BCUT2D eigenvalue weighted by Gasteiger charge is -2.07. The number of carbonyl (C=O) groups is 1. The van der Waals surface area contributed by atoms with Crippen molar-refractivity contribution in [3.63, 3.8) is 0 Å². The fourth-order valence-electron chi connectivity index (χ4n) is 2.63. The highest BCUT2D eigenvalue weighted by molar-refractivity contribution is 7.16. The molecular weight excluding hydrogens is 392 g/mol. The number of hydrogen-bond donors (Lipinski definition) is 1. The van der Waals surface area contributed by atoms with Gasteiger partial charge in [-0.05, 0) is 37.6 Å². The lowest BCUT2D eigenvalue weighted by molar-refractivity contribution is -0.111. The van der Waals surface area contributed by atoms with E-state index in [9.17, 15) is 4.79 Å². The first-order valence-corrected chi connectivity index (χ1v) is 10.2. The molecule has 3 rings (SSSR count). The summed E-state index contributed by atoms with van der Waals surface area (Å²) >= 11 is 7.50. The smallest absolute Gasteiger partial charge is 0.250 e. The largest absolute Gasteiger partial charge is 0.493 e. The van der Waals surface area contributed by atoms with Gasteiger partial charge in [0.15, 0.2) is 5.13 Å². The second-order valence-corrected chi connectivity index (χ2v) is 7.78. The number of carbonyl (C=O) groups excluding carboxylic acids is 1. The van der Waals surface area contributed by atoms with Crippen molar-refractivity contribution >= 4 is 40.1 Å². The maximum atomic E-state index is 12.3. The lowest BCUT2D eigenvalue weighted by Crippen LogP contribution is -2.07. The monoisotopic (exact) mass is 412 g/mol. The normalized spacial score (nSPS) is 11.0. The fourth-order valence-corrected chi connectivity index (χ4v) is 3.66. The van der Waals surface area contributed by atoms with Crippen LogP contribution in [0.5, 0.6) is 5.75 Å². The maximum Gasteiger partial charge on any atom is 0.250 e. The van der Waals surface area contributed by atoms with Crippen molar-refractivity contribution in [3.05, 3.63) is 70.1 Å². The van der Waals surface area contributed by atoms with Crippen LogP contribution in [0.1, 0.15) is 23.8 Å². The van der Waals surface area contributed by atoms with E-state index >= 15 is 0 Å². The SMILES string of the molecule is CCCOc1ccccc1C=CC(=O)Nc1nc(-c2cccc(Cl)c2)c(C)s1. The van der Waals surface area contributed by atoms with Crippen molar-refractivity contribution in [1.29, 1.82) is 0 Å². The van der Waals surface area contributed by atoms with Gasteiger partial charge in [-0.1, -0.05) is 48.9 Å². The molecule has 1 heterocycles. The molecule has 1 N–H and O–H groups in total. The van der Waals surface area contributed by atoms with Crippen LogP contribution in [-0.2, 0) is 4.79 Å². The summed E-state index contributed by atoms with van der Waals surface area (Å²) < 4.78 is 5.71. The van der Waals surface area contributed by atoms with E-state index in [0.29, 0.717) is 16.8 Å². The minimum atomic E-state index is -0.239. The number of amides is 1. The fraction of sp³-hybridized carbons (Fsp3) is 0.182. The second-order valence-electron chi connectivity index (χ2n) is 6.14. The molecule has 1 amide bonds. The minimum absolute atomic E-state index is 0.239. The van der Waals surface area contributed by atoms with Gasteiger partial charge >= 0.3 is 0 Å². The third-order valence-corrected chi connectivity index (χ3v) is 5.04. The highest BCUT2D eigenvalue weighted by Crippen LogP contribution is 2.31. The topological polar surface area (TPSA) is 51.2 Å². The molecule has 4 nitrogen and oxygen atoms in total. The number of rotatable bonds is 7. The molecule has 3 aromatic rings. The van der Waals surface area contributed by atoms with Gasteiger partial charge in [-0.15, -0.1) is 11.3 Å². The molecule has 0 aliphatic carbocycles. The van der Waals surface area contributed by atoms with Crippen LogP contribution in [0.4, 0.5) is 5.13 Å². The van der Waals surface area contributed by atoms with Gasteiger partial charge in [0.2, 0.25) is 5.91 Å². The molecule has 6 heteroatoms. The van der Waals surface area contributed by atoms with E-state index in [-0.39, 0.29) is 5.91 Å². The summed E-state index contributed by atoms with van der Waals surface area (Å²) in [5, 5.41) is 4.04. The van der Waals surface area contributed by atoms with Crippen molar-refractivity contribution in [2.75, 3.05) is 11.9 Å². The highest BCUT2D eigenvalue weighted by Gasteiger charge is 2.11. The molecule has 0 unspecified atom stereocenters. The first kappa shape index (κ1) is 20.1. The first-order valence-electron chi connectivity index (χ1n) is 9.01. The molecule has 0 aliphatic rings. The molecule has 1 aromatic heterocycles. The summed E-state index contributed by atoms with van der Waals surface area (Å²) in [7, 11) is 0. The Hall–Kier alpha value is -2.63. The molecule has 28 heavy (non-hydrogen) atoms. The number of aryl methyl sites for hydroxylation is 1. The Kier molecular flexibility index (Phi) is 6.85. The van der Waals surface area contributed by atoms with E-state index < -0.39 is 0 Å². The van der Waals surface area contributed by atoms with Crippen LogP contribution in [-0.4, -0.2) is 17.5 Å². The van der Waals surface area contributed by atoms with Crippen LogP contribution in [0.2, 0.25) is 5.02 Å². The average molecular weight is 413 g/mol. The van der Waals surface area contributed by atoms with E-state index in [1.807, 2.05) is 55.5 Å². The van der Waals surface area contributed by atoms with Gasteiger partial charge in [0.05, 0.1) is 12.3 Å². The van der Waals surface area contributed by atoms with Crippen molar-refractivity contribution in [3.8, 4) is 17.0 Å². The van der Waals surface area contributed by atoms with Crippen LogP contribution < -0.4 is 10.1 Å². The van der Waals surface area contributed by atoms with E-state index in [2.05, 4.69) is 17.2 Å². The summed E-state index contributed by atoms with van der Waals surface area (Å²) in [6.45, 7) is 4.67. The standard InChI is InChI=1S/C22H21ClN2O2S/c1-3-13-27-19-10-5-4-7-16(19)11-12-20(26)24-22-25-21(15(2)28-22)17-8-6-9-18(23)14-17/h4-12,14H,3,13H2,1-2H3,(H,24,25,26). The van der Waals surface area contributed by atoms with Gasteiger partial charge < -0.3 is 4.74 Å². The summed E-state index contributed by atoms with van der Waals surface area (Å²) in [6.07, 6.45) is 4.17. The Morgan fingerprint density at radius 1 is 1.25 bits per heavy atom. The number of nitrogens with one attached hydrogen (secondary N) is 1. The summed E-state index contributed by atoms with van der Waals surface area (Å²) in [6, 6.07) is 15.2. The molecule has 0 aliphatic heterocycles. The number of benzene rings is 2. The number of nitrogens with zero attached hydrogens (tertiary/aromatic N) is 1. The van der Waals surface area contributed by atoms with Crippen molar-refractivity contribution < 1.29 is 9.53 Å². The Morgan fingerprint density at radius 2 is 2.07 bits per heavy atom. The predicted molar refractivity (Wildman–Crippen MR) is 117 cm³/mol. The molecular formula is C22H21ClN2O2S. The number of thiazole rings is 1. The Morgan fingerprint density at radius 3 is 2.86 bits per heavy atom. The molecule has 0 spiro atoms. The van der Waals surface area contributed by atoms with Gasteiger partial charge in [0.1, 0.15) is 5.75 Å². The van der Waals surface area contributed by atoms with Gasteiger partial charge in [0, 0.05) is 27.1 Å². The zero-order valence-electron chi connectivity index (χ0n) is 15.7. The summed E-state index contributed by atoms with van der Waals surface area (Å²) in [5.74, 6) is 0.526. The van der Waals surface area contributed by atoms with Crippen molar-refractivity contribution in [2.24, 2.45) is 0 Å². The quantitative estimate of drug-likeness (QED) is 0.469. The zero-order chi connectivity index (χ0) is 19.9. The average Bonchev–Trinajstić information content (AvgIpc) is 3.05. The molecule has 0 atom stereocenters. The van der Waals surface area contributed by atoms with E-state index in [4.69, 9.17) is 16.3 Å². The first-order chi connectivity index (χ1) is 13.6. The maximum absolute atomic E-state index is 12.3. The molecule has 0 radical (unpaired) electrons. The number of hydrogen-bond acceptors (Lipinski definition) is 4. The molecule has 0 saturated carbocycles. The number of aromatic nitrogens is 1.